The lowest BCUT2D eigenvalue weighted by atomic mass is 10.1. The SMILES string of the molecule is NNC(CSc1cccc(Cl)c1)Cc1cc(Cl)ccc1Cl. The highest BCUT2D eigenvalue weighted by Gasteiger charge is 2.11. The van der Waals surface area contributed by atoms with Crippen LogP contribution in [0, 0.1) is 0 Å². The highest BCUT2D eigenvalue weighted by atomic mass is 35.5. The molecule has 0 radical (unpaired) electrons. The van der Waals surface area contributed by atoms with E-state index in [0.29, 0.717) is 16.5 Å². The number of hydrogen-bond donors (Lipinski definition) is 2. The van der Waals surface area contributed by atoms with Gasteiger partial charge in [0, 0.05) is 31.8 Å². The summed E-state index contributed by atoms with van der Waals surface area (Å²) in [5.74, 6) is 6.44. The predicted octanol–water partition coefficient (Wildman–Crippen LogP) is 4.81. The quantitative estimate of drug-likeness (QED) is 0.440. The van der Waals surface area contributed by atoms with E-state index in [9.17, 15) is 0 Å². The second-order valence-corrected chi connectivity index (χ2v) is 6.95. The summed E-state index contributed by atoms with van der Waals surface area (Å²) in [5, 5.41) is 2.11. The molecule has 1 atom stereocenters. The molecule has 2 aromatic carbocycles. The Morgan fingerprint density at radius 3 is 2.52 bits per heavy atom. The van der Waals surface area contributed by atoms with Crippen LogP contribution < -0.4 is 11.3 Å². The van der Waals surface area contributed by atoms with E-state index in [1.165, 1.54) is 0 Å². The van der Waals surface area contributed by atoms with Crippen molar-refractivity contribution in [3.05, 3.63) is 63.1 Å². The molecule has 0 saturated carbocycles. The van der Waals surface area contributed by atoms with Crippen LogP contribution in [-0.4, -0.2) is 11.8 Å². The minimum atomic E-state index is 0.0879. The van der Waals surface area contributed by atoms with Crippen molar-refractivity contribution in [2.45, 2.75) is 17.4 Å². The zero-order valence-corrected chi connectivity index (χ0v) is 14.2. The molecule has 0 fully saturated rings. The summed E-state index contributed by atoms with van der Waals surface area (Å²) in [4.78, 5) is 1.11. The Morgan fingerprint density at radius 2 is 1.81 bits per heavy atom. The van der Waals surface area contributed by atoms with Gasteiger partial charge in [0.2, 0.25) is 0 Å². The highest BCUT2D eigenvalue weighted by Crippen LogP contribution is 2.25. The van der Waals surface area contributed by atoms with Crippen LogP contribution in [0.25, 0.3) is 0 Å². The summed E-state index contributed by atoms with van der Waals surface area (Å²) in [6.45, 7) is 0. The zero-order chi connectivity index (χ0) is 15.2. The Balaban J connectivity index is 1.98. The first-order chi connectivity index (χ1) is 10.1. The third kappa shape index (κ3) is 5.37. The van der Waals surface area contributed by atoms with Gasteiger partial charge in [-0.2, -0.15) is 0 Å². The molecule has 2 nitrogen and oxygen atoms in total. The zero-order valence-electron chi connectivity index (χ0n) is 11.2. The summed E-state index contributed by atoms with van der Waals surface area (Å²) < 4.78 is 0. The van der Waals surface area contributed by atoms with E-state index in [1.807, 2.05) is 30.3 Å². The number of hydrogen-bond acceptors (Lipinski definition) is 3. The third-order valence-electron chi connectivity index (χ3n) is 2.96. The van der Waals surface area contributed by atoms with Gasteiger partial charge in [-0.15, -0.1) is 11.8 Å². The summed E-state index contributed by atoms with van der Waals surface area (Å²) in [5.41, 5.74) is 3.81. The van der Waals surface area contributed by atoms with Crippen LogP contribution in [-0.2, 0) is 6.42 Å². The van der Waals surface area contributed by atoms with Crippen molar-refractivity contribution in [3.8, 4) is 0 Å². The maximum Gasteiger partial charge on any atom is 0.0439 e. The first-order valence-electron chi connectivity index (χ1n) is 6.37. The molecular weight excluding hydrogens is 347 g/mol. The summed E-state index contributed by atoms with van der Waals surface area (Å²) >= 11 is 19.9. The smallest absolute Gasteiger partial charge is 0.0439 e. The number of thioether (sulfide) groups is 1. The summed E-state index contributed by atoms with van der Waals surface area (Å²) in [6.07, 6.45) is 0.712. The summed E-state index contributed by atoms with van der Waals surface area (Å²) in [7, 11) is 0. The van der Waals surface area contributed by atoms with Crippen molar-refractivity contribution in [2.24, 2.45) is 5.84 Å². The Hall–Kier alpha value is -0.420. The van der Waals surface area contributed by atoms with E-state index in [0.717, 1.165) is 21.2 Å². The first kappa shape index (κ1) is 16.9. The molecule has 3 N–H and O–H groups in total. The van der Waals surface area contributed by atoms with E-state index >= 15 is 0 Å². The standard InChI is InChI=1S/C15H15Cl3N2S/c16-11-2-1-3-14(8-11)21-9-13(20-19)7-10-6-12(17)4-5-15(10)18/h1-6,8,13,20H,7,9,19H2. The van der Waals surface area contributed by atoms with Gasteiger partial charge < -0.3 is 0 Å². The van der Waals surface area contributed by atoms with Gasteiger partial charge in [-0.25, -0.2) is 0 Å². The van der Waals surface area contributed by atoms with Gasteiger partial charge in [-0.3, -0.25) is 11.3 Å². The van der Waals surface area contributed by atoms with Crippen LogP contribution in [0.5, 0.6) is 0 Å². The Morgan fingerprint density at radius 1 is 1.05 bits per heavy atom. The fraction of sp³-hybridized carbons (Fsp3) is 0.200. The normalized spacial score (nSPS) is 12.4. The van der Waals surface area contributed by atoms with E-state index in [1.54, 1.807) is 23.9 Å². The Bertz CT molecular complexity index is 607. The van der Waals surface area contributed by atoms with E-state index < -0.39 is 0 Å². The maximum absolute atomic E-state index is 6.18. The van der Waals surface area contributed by atoms with E-state index in [4.69, 9.17) is 40.6 Å². The molecular formula is C15H15Cl3N2S. The molecule has 112 valence electrons. The lowest BCUT2D eigenvalue weighted by Crippen LogP contribution is -2.38. The number of rotatable bonds is 6. The maximum atomic E-state index is 6.18. The topological polar surface area (TPSA) is 38.0 Å². The predicted molar refractivity (Wildman–Crippen MR) is 93.5 cm³/mol. The van der Waals surface area contributed by atoms with Crippen LogP contribution in [0.2, 0.25) is 15.1 Å². The molecule has 0 aliphatic rings. The average molecular weight is 362 g/mol. The lowest BCUT2D eigenvalue weighted by Gasteiger charge is -2.16. The largest absolute Gasteiger partial charge is 0.271 e. The fourth-order valence-corrected chi connectivity index (χ4v) is 3.52. The van der Waals surface area contributed by atoms with Crippen molar-refractivity contribution in [1.29, 1.82) is 0 Å². The van der Waals surface area contributed by atoms with Gasteiger partial charge in [0.15, 0.2) is 0 Å². The number of benzene rings is 2. The second kappa shape index (κ2) is 8.28. The first-order valence-corrected chi connectivity index (χ1v) is 8.49. The lowest BCUT2D eigenvalue weighted by molar-refractivity contribution is 0.575. The molecule has 0 amide bonds. The molecule has 6 heteroatoms. The van der Waals surface area contributed by atoms with Gasteiger partial charge >= 0.3 is 0 Å². The molecule has 2 aromatic rings. The third-order valence-corrected chi connectivity index (χ3v) is 4.95. The molecule has 0 spiro atoms. The van der Waals surface area contributed by atoms with Crippen molar-refractivity contribution in [2.75, 3.05) is 5.75 Å². The van der Waals surface area contributed by atoms with Crippen molar-refractivity contribution in [1.82, 2.24) is 5.43 Å². The monoisotopic (exact) mass is 360 g/mol. The van der Waals surface area contributed by atoms with Crippen molar-refractivity contribution >= 4 is 46.6 Å². The van der Waals surface area contributed by atoms with Crippen molar-refractivity contribution < 1.29 is 0 Å². The van der Waals surface area contributed by atoms with Gasteiger partial charge in [-0.1, -0.05) is 40.9 Å². The van der Waals surface area contributed by atoms with Gasteiger partial charge in [0.1, 0.15) is 0 Å². The van der Waals surface area contributed by atoms with Crippen LogP contribution in [0.3, 0.4) is 0 Å². The van der Waals surface area contributed by atoms with Crippen LogP contribution in [0.15, 0.2) is 47.4 Å². The van der Waals surface area contributed by atoms with E-state index in [-0.39, 0.29) is 6.04 Å². The minimum absolute atomic E-state index is 0.0879. The average Bonchev–Trinajstić information content (AvgIpc) is 2.47. The fourth-order valence-electron chi connectivity index (χ4n) is 1.88. The molecule has 21 heavy (non-hydrogen) atoms. The number of nitrogens with one attached hydrogen (secondary N) is 1. The van der Waals surface area contributed by atoms with Crippen LogP contribution >= 0.6 is 46.6 Å². The number of hydrazine groups is 1. The van der Waals surface area contributed by atoms with Gasteiger partial charge in [0.05, 0.1) is 0 Å². The van der Waals surface area contributed by atoms with E-state index in [2.05, 4.69) is 5.43 Å². The second-order valence-electron chi connectivity index (χ2n) is 4.57. The molecule has 0 aliphatic carbocycles. The molecule has 0 heterocycles. The van der Waals surface area contributed by atoms with Gasteiger partial charge in [-0.05, 0) is 48.4 Å². The molecule has 0 aromatic heterocycles. The van der Waals surface area contributed by atoms with Crippen molar-refractivity contribution in [3.63, 3.8) is 0 Å². The van der Waals surface area contributed by atoms with Gasteiger partial charge in [0.25, 0.3) is 0 Å². The molecule has 2 rings (SSSR count). The Labute approximate surface area is 143 Å². The molecule has 1 unspecified atom stereocenters. The van der Waals surface area contributed by atoms with Crippen LogP contribution in [0.1, 0.15) is 5.56 Å². The van der Waals surface area contributed by atoms with Crippen LogP contribution in [0.4, 0.5) is 0 Å². The Kier molecular flexibility index (Phi) is 6.68. The molecule has 0 saturated heterocycles. The highest BCUT2D eigenvalue weighted by molar-refractivity contribution is 7.99. The molecule has 0 bridgehead atoms. The number of nitrogens with two attached hydrogens (primary N) is 1. The minimum Gasteiger partial charge on any atom is -0.271 e. The number of halogens is 3. The molecule has 0 aliphatic heterocycles. The summed E-state index contributed by atoms with van der Waals surface area (Å²) in [6, 6.07) is 13.3.